The lowest BCUT2D eigenvalue weighted by molar-refractivity contribution is 0.0950. The predicted molar refractivity (Wildman–Crippen MR) is 157 cm³/mol. The van der Waals surface area contributed by atoms with Gasteiger partial charge in [-0.2, -0.15) is 0 Å². The molecule has 0 bridgehead atoms. The number of nitrogens with zero attached hydrogens (tertiary/aromatic N) is 4. The van der Waals surface area contributed by atoms with Crippen molar-refractivity contribution in [3.8, 4) is 0 Å². The third-order valence-corrected chi connectivity index (χ3v) is 8.48. The van der Waals surface area contributed by atoms with Gasteiger partial charge >= 0.3 is 0 Å². The van der Waals surface area contributed by atoms with Gasteiger partial charge in [0.2, 0.25) is 0 Å². The molecule has 0 radical (unpaired) electrons. The molecule has 3 aromatic rings. The Morgan fingerprint density at radius 1 is 0.925 bits per heavy atom. The summed E-state index contributed by atoms with van der Waals surface area (Å²) in [6.07, 6.45) is 3.62. The molecular formula is C29H32Cl3F2N5O. The van der Waals surface area contributed by atoms with Gasteiger partial charge in [-0.1, -0.05) is 46.9 Å². The number of pyridine rings is 1. The van der Waals surface area contributed by atoms with Crippen LogP contribution in [0.1, 0.15) is 35.8 Å². The lowest BCUT2D eigenvalue weighted by Crippen LogP contribution is -2.53. The summed E-state index contributed by atoms with van der Waals surface area (Å²) in [6, 6.07) is 11.4. The van der Waals surface area contributed by atoms with E-state index in [1.54, 1.807) is 36.5 Å². The molecule has 2 aliphatic rings. The van der Waals surface area contributed by atoms with Gasteiger partial charge in [-0.25, -0.2) is 13.8 Å². The van der Waals surface area contributed by atoms with Crippen molar-refractivity contribution in [2.45, 2.75) is 32.0 Å². The van der Waals surface area contributed by atoms with E-state index in [1.807, 2.05) is 0 Å². The summed E-state index contributed by atoms with van der Waals surface area (Å²) in [5.74, 6) is -1.21. The van der Waals surface area contributed by atoms with Crippen LogP contribution in [0.4, 0.5) is 14.6 Å². The molecule has 2 aromatic carbocycles. The van der Waals surface area contributed by atoms with Crippen molar-refractivity contribution in [2.75, 3.05) is 44.2 Å². The quantitative estimate of drug-likeness (QED) is 0.341. The molecule has 2 saturated heterocycles. The molecule has 1 N–H and O–H groups in total. The van der Waals surface area contributed by atoms with Crippen LogP contribution >= 0.6 is 34.8 Å². The Morgan fingerprint density at radius 3 is 2.35 bits per heavy atom. The molecule has 0 atom stereocenters. The molecule has 0 aliphatic carbocycles. The molecule has 11 heteroatoms. The van der Waals surface area contributed by atoms with Crippen LogP contribution in [0.25, 0.3) is 0 Å². The highest BCUT2D eigenvalue weighted by molar-refractivity contribution is 6.35. The Morgan fingerprint density at radius 2 is 1.68 bits per heavy atom. The number of hydrogen-bond acceptors (Lipinski definition) is 5. The van der Waals surface area contributed by atoms with E-state index >= 15 is 0 Å². The maximum Gasteiger partial charge on any atom is 0.253 e. The van der Waals surface area contributed by atoms with Crippen LogP contribution in [-0.4, -0.2) is 66.0 Å². The first-order chi connectivity index (χ1) is 19.3. The SMILES string of the molecule is O=C(NCc1ccc(Cl)cc1Cl)c1cnc(N2CCN(C3CCN(Cc4ccc(F)c(F)c4)CC3)CC2)c(Cl)c1.[HH]. The number of rotatable bonds is 7. The van der Waals surface area contributed by atoms with E-state index in [2.05, 4.69) is 25.0 Å². The van der Waals surface area contributed by atoms with Gasteiger partial charge in [0.1, 0.15) is 5.82 Å². The van der Waals surface area contributed by atoms with Crippen LogP contribution in [0.2, 0.25) is 15.1 Å². The Labute approximate surface area is 249 Å². The average Bonchev–Trinajstić information content (AvgIpc) is 2.95. The number of aromatic nitrogens is 1. The summed E-state index contributed by atoms with van der Waals surface area (Å²) in [5, 5.41) is 4.31. The molecule has 3 heterocycles. The van der Waals surface area contributed by atoms with Crippen molar-refractivity contribution >= 4 is 46.5 Å². The normalized spacial score (nSPS) is 17.3. The van der Waals surface area contributed by atoms with Crippen LogP contribution in [0.5, 0.6) is 0 Å². The number of anilines is 1. The number of carbonyl (C=O) groups excluding carboxylic acids is 1. The van der Waals surface area contributed by atoms with Gasteiger partial charge < -0.3 is 10.2 Å². The van der Waals surface area contributed by atoms with Crippen LogP contribution in [0.3, 0.4) is 0 Å². The third kappa shape index (κ3) is 7.04. The molecule has 2 fully saturated rings. The van der Waals surface area contributed by atoms with Gasteiger partial charge in [0.15, 0.2) is 11.6 Å². The molecule has 0 saturated carbocycles. The van der Waals surface area contributed by atoms with Crippen molar-refractivity contribution in [2.24, 2.45) is 0 Å². The van der Waals surface area contributed by atoms with Crippen LogP contribution in [-0.2, 0) is 13.1 Å². The van der Waals surface area contributed by atoms with E-state index in [9.17, 15) is 13.6 Å². The second-order valence-corrected chi connectivity index (χ2v) is 11.5. The first kappa shape index (κ1) is 29.0. The molecule has 5 rings (SSSR count). The predicted octanol–water partition coefficient (Wildman–Crippen LogP) is 6.28. The minimum atomic E-state index is -0.810. The number of nitrogens with one attached hydrogen (secondary N) is 1. The standard InChI is InChI=1S/C29H30Cl3F2N5O.H2/c30-22-3-2-20(24(31)15-22)16-36-29(40)21-14-25(32)28(35-17-21)39-11-9-38(10-12-39)23-5-7-37(8-6-23)18-19-1-4-26(33)27(34)13-19;/h1-4,13-15,17,23H,5-12,16,18H2,(H,36,40);1H. The lowest BCUT2D eigenvalue weighted by atomic mass is 10.0. The Balaban J connectivity index is 0.00000387. The van der Waals surface area contributed by atoms with Gasteiger partial charge in [0.25, 0.3) is 5.91 Å². The van der Waals surface area contributed by atoms with E-state index in [1.165, 1.54) is 12.1 Å². The molecule has 1 aromatic heterocycles. The van der Waals surface area contributed by atoms with Gasteiger partial charge in [-0.3, -0.25) is 14.6 Å². The Hall–Kier alpha value is -2.49. The van der Waals surface area contributed by atoms with Crippen LogP contribution in [0.15, 0.2) is 48.7 Å². The van der Waals surface area contributed by atoms with Gasteiger partial charge in [-0.05, 0) is 67.4 Å². The number of halogens is 5. The molecule has 0 unspecified atom stereocenters. The number of amides is 1. The average molecular weight is 611 g/mol. The van der Waals surface area contributed by atoms with Crippen molar-refractivity contribution in [1.82, 2.24) is 20.1 Å². The lowest BCUT2D eigenvalue weighted by Gasteiger charge is -2.43. The van der Waals surface area contributed by atoms with E-state index in [0.717, 1.165) is 63.2 Å². The monoisotopic (exact) mass is 609 g/mol. The first-order valence-corrected chi connectivity index (χ1v) is 14.4. The summed E-state index contributed by atoms with van der Waals surface area (Å²) in [4.78, 5) is 24.2. The molecular weight excluding hydrogens is 579 g/mol. The number of piperazine rings is 1. The fraction of sp³-hybridized carbons (Fsp3) is 0.379. The van der Waals surface area contributed by atoms with E-state index in [4.69, 9.17) is 34.8 Å². The van der Waals surface area contributed by atoms with Gasteiger partial charge in [0.05, 0.1) is 10.6 Å². The zero-order chi connectivity index (χ0) is 28.2. The second-order valence-electron chi connectivity index (χ2n) is 10.2. The van der Waals surface area contributed by atoms with Crippen molar-refractivity contribution < 1.29 is 15.0 Å². The van der Waals surface area contributed by atoms with Crippen molar-refractivity contribution in [3.05, 3.63) is 92.1 Å². The van der Waals surface area contributed by atoms with Gasteiger partial charge in [-0.15, -0.1) is 0 Å². The zero-order valence-electron chi connectivity index (χ0n) is 21.9. The number of benzene rings is 2. The molecule has 6 nitrogen and oxygen atoms in total. The summed E-state index contributed by atoms with van der Waals surface area (Å²) in [6.45, 7) is 6.12. The summed E-state index contributed by atoms with van der Waals surface area (Å²) >= 11 is 18.7. The third-order valence-electron chi connectivity index (χ3n) is 7.62. The highest BCUT2D eigenvalue weighted by atomic mass is 35.5. The summed E-state index contributed by atoms with van der Waals surface area (Å²) in [7, 11) is 0. The first-order valence-electron chi connectivity index (χ1n) is 13.3. The molecule has 40 heavy (non-hydrogen) atoms. The molecule has 2 aliphatic heterocycles. The molecule has 214 valence electrons. The fourth-order valence-corrected chi connectivity index (χ4v) is 6.13. The van der Waals surface area contributed by atoms with Gasteiger partial charge in [0, 0.05) is 63.0 Å². The fourth-order valence-electron chi connectivity index (χ4n) is 5.37. The zero-order valence-corrected chi connectivity index (χ0v) is 24.1. The maximum absolute atomic E-state index is 13.5. The largest absolute Gasteiger partial charge is 0.353 e. The topological polar surface area (TPSA) is 51.7 Å². The minimum absolute atomic E-state index is 0. The maximum atomic E-state index is 13.5. The Kier molecular flexibility index (Phi) is 9.43. The Bertz CT molecular complexity index is 1370. The number of hydrogen-bond donors (Lipinski definition) is 1. The number of likely N-dealkylation sites (tertiary alicyclic amines) is 1. The van der Waals surface area contributed by atoms with E-state index in [-0.39, 0.29) is 13.9 Å². The van der Waals surface area contributed by atoms with E-state index < -0.39 is 11.6 Å². The van der Waals surface area contributed by atoms with E-state index in [0.29, 0.717) is 39.0 Å². The highest BCUT2D eigenvalue weighted by Crippen LogP contribution is 2.27. The van der Waals surface area contributed by atoms with Crippen molar-refractivity contribution in [1.29, 1.82) is 0 Å². The van der Waals surface area contributed by atoms with Crippen LogP contribution < -0.4 is 10.2 Å². The smallest absolute Gasteiger partial charge is 0.253 e. The highest BCUT2D eigenvalue weighted by Gasteiger charge is 2.28. The summed E-state index contributed by atoms with van der Waals surface area (Å²) < 4.78 is 26.8. The molecule has 1 amide bonds. The molecule has 0 spiro atoms. The second kappa shape index (κ2) is 13.0. The minimum Gasteiger partial charge on any atom is -0.353 e. The summed E-state index contributed by atoms with van der Waals surface area (Å²) in [5.41, 5.74) is 1.94. The number of piperidine rings is 1. The number of carbonyl (C=O) groups is 1. The van der Waals surface area contributed by atoms with Crippen molar-refractivity contribution in [3.63, 3.8) is 0 Å². The van der Waals surface area contributed by atoms with Crippen LogP contribution in [0, 0.1) is 11.6 Å².